The molecule has 0 bridgehead atoms. The number of piperidine rings is 1. The van der Waals surface area contributed by atoms with Crippen molar-refractivity contribution >= 4 is 5.91 Å². The lowest BCUT2D eigenvalue weighted by atomic mass is 9.92. The number of likely N-dealkylation sites (tertiary alicyclic amines) is 1. The van der Waals surface area contributed by atoms with E-state index in [2.05, 4.69) is 11.8 Å². The summed E-state index contributed by atoms with van der Waals surface area (Å²) in [5, 5.41) is 0. The minimum absolute atomic E-state index is 0.227. The van der Waals surface area contributed by atoms with E-state index in [0.717, 1.165) is 19.4 Å². The molecule has 3 nitrogen and oxygen atoms in total. The van der Waals surface area contributed by atoms with E-state index in [1.807, 2.05) is 0 Å². The zero-order valence-electron chi connectivity index (χ0n) is 10.3. The summed E-state index contributed by atoms with van der Waals surface area (Å²) < 4.78 is 0. The van der Waals surface area contributed by atoms with Gasteiger partial charge in [0.1, 0.15) is 0 Å². The Hall–Kier alpha value is -0.570. The predicted molar refractivity (Wildman–Crippen MR) is 64.9 cm³/mol. The summed E-state index contributed by atoms with van der Waals surface area (Å²) >= 11 is 0. The summed E-state index contributed by atoms with van der Waals surface area (Å²) in [7, 11) is 0. The molecule has 1 saturated heterocycles. The Bertz CT molecular complexity index is 250. The monoisotopic (exact) mass is 224 g/mol. The van der Waals surface area contributed by atoms with Gasteiger partial charge < -0.3 is 10.6 Å². The van der Waals surface area contributed by atoms with Crippen LogP contribution in [0.3, 0.4) is 0 Å². The summed E-state index contributed by atoms with van der Waals surface area (Å²) in [6.45, 7) is 3.83. The van der Waals surface area contributed by atoms with Crippen molar-refractivity contribution < 1.29 is 4.79 Å². The lowest BCUT2D eigenvalue weighted by Gasteiger charge is -2.36. The van der Waals surface area contributed by atoms with Gasteiger partial charge in [0.05, 0.1) is 0 Å². The van der Waals surface area contributed by atoms with Gasteiger partial charge in [-0.25, -0.2) is 0 Å². The fourth-order valence-electron chi connectivity index (χ4n) is 3.28. The average molecular weight is 224 g/mol. The second-order valence-corrected chi connectivity index (χ2v) is 5.41. The molecule has 3 heteroatoms. The summed E-state index contributed by atoms with van der Waals surface area (Å²) in [4.78, 5) is 14.6. The molecule has 0 aromatic carbocycles. The number of amides is 1. The van der Waals surface area contributed by atoms with E-state index in [1.54, 1.807) is 0 Å². The van der Waals surface area contributed by atoms with Crippen molar-refractivity contribution in [3.63, 3.8) is 0 Å². The standard InChI is InChI=1S/C13H24N2O/c1-10-5-2-3-8-15(10)13(16)12-7-4-6-11(12)9-14/h10-12H,2-9,14H2,1H3/t10?,11-,12-/m1/s1. The molecular formula is C13H24N2O. The molecular weight excluding hydrogens is 200 g/mol. The molecule has 2 aliphatic rings. The van der Waals surface area contributed by atoms with Gasteiger partial charge in [0.15, 0.2) is 0 Å². The molecule has 2 fully saturated rings. The molecule has 3 atom stereocenters. The van der Waals surface area contributed by atoms with Crippen molar-refractivity contribution in [3.05, 3.63) is 0 Å². The van der Waals surface area contributed by atoms with E-state index in [0.29, 0.717) is 24.4 Å². The van der Waals surface area contributed by atoms with E-state index in [1.165, 1.54) is 25.7 Å². The lowest BCUT2D eigenvalue weighted by molar-refractivity contribution is -0.139. The van der Waals surface area contributed by atoms with Crippen LogP contribution in [0.5, 0.6) is 0 Å². The SMILES string of the molecule is CC1CCCCN1C(=O)[C@@H]1CCC[C@@H]1CN. The molecule has 2 rings (SSSR count). The Morgan fingerprint density at radius 3 is 2.75 bits per heavy atom. The van der Waals surface area contributed by atoms with Crippen LogP contribution in [0.1, 0.15) is 45.4 Å². The van der Waals surface area contributed by atoms with Gasteiger partial charge in [-0.15, -0.1) is 0 Å². The van der Waals surface area contributed by atoms with Crippen molar-refractivity contribution in [3.8, 4) is 0 Å². The zero-order valence-corrected chi connectivity index (χ0v) is 10.3. The number of rotatable bonds is 2. The molecule has 0 radical (unpaired) electrons. The van der Waals surface area contributed by atoms with Gasteiger partial charge >= 0.3 is 0 Å². The number of hydrogen-bond acceptors (Lipinski definition) is 2. The molecule has 1 amide bonds. The lowest BCUT2D eigenvalue weighted by Crippen LogP contribution is -2.46. The first-order valence-corrected chi connectivity index (χ1v) is 6.74. The van der Waals surface area contributed by atoms with Crippen LogP contribution in [-0.4, -0.2) is 29.9 Å². The summed E-state index contributed by atoms with van der Waals surface area (Å²) in [6, 6.07) is 0.445. The van der Waals surface area contributed by atoms with Crippen LogP contribution >= 0.6 is 0 Å². The fraction of sp³-hybridized carbons (Fsp3) is 0.923. The highest BCUT2D eigenvalue weighted by atomic mass is 16.2. The van der Waals surface area contributed by atoms with Crippen molar-refractivity contribution in [2.24, 2.45) is 17.6 Å². The number of carbonyl (C=O) groups is 1. The second kappa shape index (κ2) is 5.17. The number of nitrogens with two attached hydrogens (primary N) is 1. The normalized spacial score (nSPS) is 35.4. The number of carbonyl (C=O) groups excluding carboxylic acids is 1. The predicted octanol–water partition coefficient (Wildman–Crippen LogP) is 1.76. The Morgan fingerprint density at radius 1 is 1.25 bits per heavy atom. The van der Waals surface area contributed by atoms with E-state index >= 15 is 0 Å². The fourth-order valence-corrected chi connectivity index (χ4v) is 3.28. The minimum atomic E-state index is 0.227. The van der Waals surface area contributed by atoms with Crippen LogP contribution in [0.4, 0.5) is 0 Å². The maximum Gasteiger partial charge on any atom is 0.226 e. The molecule has 92 valence electrons. The highest BCUT2D eigenvalue weighted by Crippen LogP contribution is 2.33. The quantitative estimate of drug-likeness (QED) is 0.777. The molecule has 0 aromatic heterocycles. The maximum atomic E-state index is 12.5. The van der Waals surface area contributed by atoms with Gasteiger partial charge in [-0.1, -0.05) is 6.42 Å². The van der Waals surface area contributed by atoms with Gasteiger partial charge in [-0.2, -0.15) is 0 Å². The number of nitrogens with zero attached hydrogens (tertiary/aromatic N) is 1. The first-order valence-electron chi connectivity index (χ1n) is 6.74. The Kier molecular flexibility index (Phi) is 3.85. The molecule has 16 heavy (non-hydrogen) atoms. The van der Waals surface area contributed by atoms with Crippen LogP contribution in [0.25, 0.3) is 0 Å². The van der Waals surface area contributed by atoms with Gasteiger partial charge in [-0.05, 0) is 51.5 Å². The van der Waals surface area contributed by atoms with Crippen molar-refractivity contribution in [1.82, 2.24) is 4.90 Å². The third kappa shape index (κ3) is 2.24. The largest absolute Gasteiger partial charge is 0.340 e. The Morgan fingerprint density at radius 2 is 2.06 bits per heavy atom. The molecule has 1 aliphatic heterocycles. The molecule has 0 spiro atoms. The molecule has 1 aliphatic carbocycles. The summed E-state index contributed by atoms with van der Waals surface area (Å²) in [5.74, 6) is 1.06. The van der Waals surface area contributed by atoms with Gasteiger partial charge in [0.2, 0.25) is 5.91 Å². The molecule has 1 heterocycles. The minimum Gasteiger partial charge on any atom is -0.340 e. The van der Waals surface area contributed by atoms with Crippen LogP contribution < -0.4 is 5.73 Å². The average Bonchev–Trinajstić information content (AvgIpc) is 2.77. The van der Waals surface area contributed by atoms with Crippen LogP contribution in [0.2, 0.25) is 0 Å². The van der Waals surface area contributed by atoms with Gasteiger partial charge in [0, 0.05) is 18.5 Å². The third-order valence-corrected chi connectivity index (χ3v) is 4.37. The molecule has 1 saturated carbocycles. The van der Waals surface area contributed by atoms with E-state index in [9.17, 15) is 4.79 Å². The maximum absolute atomic E-state index is 12.5. The summed E-state index contributed by atoms with van der Waals surface area (Å²) in [5.41, 5.74) is 5.76. The van der Waals surface area contributed by atoms with Gasteiger partial charge in [0.25, 0.3) is 0 Å². The van der Waals surface area contributed by atoms with E-state index in [4.69, 9.17) is 5.73 Å². The molecule has 0 aromatic rings. The Balaban J connectivity index is 2.00. The Labute approximate surface area is 98.4 Å². The highest BCUT2D eigenvalue weighted by Gasteiger charge is 2.36. The zero-order chi connectivity index (χ0) is 11.5. The first kappa shape index (κ1) is 11.9. The van der Waals surface area contributed by atoms with Gasteiger partial charge in [-0.3, -0.25) is 4.79 Å². The topological polar surface area (TPSA) is 46.3 Å². The van der Waals surface area contributed by atoms with Crippen LogP contribution in [0.15, 0.2) is 0 Å². The van der Waals surface area contributed by atoms with Crippen molar-refractivity contribution in [2.45, 2.75) is 51.5 Å². The van der Waals surface area contributed by atoms with Crippen molar-refractivity contribution in [1.29, 1.82) is 0 Å². The molecule has 1 unspecified atom stereocenters. The third-order valence-electron chi connectivity index (χ3n) is 4.37. The van der Waals surface area contributed by atoms with E-state index < -0.39 is 0 Å². The smallest absolute Gasteiger partial charge is 0.226 e. The first-order chi connectivity index (χ1) is 7.74. The van der Waals surface area contributed by atoms with Crippen LogP contribution in [-0.2, 0) is 4.79 Å². The molecule has 2 N–H and O–H groups in total. The second-order valence-electron chi connectivity index (χ2n) is 5.41. The summed E-state index contributed by atoms with van der Waals surface area (Å²) in [6.07, 6.45) is 7.01. The number of hydrogen-bond donors (Lipinski definition) is 1. The van der Waals surface area contributed by atoms with E-state index in [-0.39, 0.29) is 5.92 Å². The highest BCUT2D eigenvalue weighted by molar-refractivity contribution is 5.79. The van der Waals surface area contributed by atoms with Crippen molar-refractivity contribution in [2.75, 3.05) is 13.1 Å². The van der Waals surface area contributed by atoms with Crippen LogP contribution in [0, 0.1) is 11.8 Å².